The molecule has 2 amide bonds. The van der Waals surface area contributed by atoms with Crippen molar-refractivity contribution in [1.29, 1.82) is 0 Å². The molecule has 4 nitrogen and oxygen atoms in total. The Morgan fingerprint density at radius 2 is 2.11 bits per heavy atom. The molecular formula is C14H16N2O2S. The number of nitrogens with zero attached hydrogens (tertiary/aromatic N) is 1. The maximum absolute atomic E-state index is 12.6. The summed E-state index contributed by atoms with van der Waals surface area (Å²) < 4.78 is 0. The van der Waals surface area contributed by atoms with Gasteiger partial charge in [0.1, 0.15) is 0 Å². The lowest BCUT2D eigenvalue weighted by atomic mass is 9.92. The van der Waals surface area contributed by atoms with E-state index in [1.807, 2.05) is 29.2 Å². The number of fused-ring (bicyclic) bond motifs is 2. The number of carbonyl (C=O) groups excluding carboxylic acids is 2. The molecule has 100 valence electrons. The maximum Gasteiger partial charge on any atom is 0.255 e. The highest BCUT2D eigenvalue weighted by Gasteiger charge is 2.36. The standard InChI is InChI=1S/C14H16N2O2S/c15-13(17)9-5-6-10-8-19-12-4-2-1-3-11(12)14(18)16(10)7-9/h1-4,9-10H,5-8H2,(H2,15,17)/t9-,10-/m0/s1. The van der Waals surface area contributed by atoms with E-state index in [4.69, 9.17) is 5.73 Å². The van der Waals surface area contributed by atoms with Gasteiger partial charge < -0.3 is 10.6 Å². The van der Waals surface area contributed by atoms with Crippen LogP contribution in [0.4, 0.5) is 0 Å². The molecule has 1 fully saturated rings. The smallest absolute Gasteiger partial charge is 0.255 e. The second kappa shape index (κ2) is 4.89. The lowest BCUT2D eigenvalue weighted by Gasteiger charge is -2.37. The van der Waals surface area contributed by atoms with E-state index in [-0.39, 0.29) is 23.8 Å². The second-order valence-corrected chi connectivity index (χ2v) is 6.16. The zero-order valence-electron chi connectivity index (χ0n) is 10.5. The Morgan fingerprint density at radius 3 is 2.89 bits per heavy atom. The predicted molar refractivity (Wildman–Crippen MR) is 73.9 cm³/mol. The zero-order chi connectivity index (χ0) is 13.4. The summed E-state index contributed by atoms with van der Waals surface area (Å²) >= 11 is 1.73. The van der Waals surface area contributed by atoms with E-state index < -0.39 is 0 Å². The summed E-state index contributed by atoms with van der Waals surface area (Å²) in [7, 11) is 0. The van der Waals surface area contributed by atoms with Crippen LogP contribution in [0.25, 0.3) is 0 Å². The van der Waals surface area contributed by atoms with Crippen molar-refractivity contribution in [2.75, 3.05) is 12.3 Å². The third-order valence-corrected chi connectivity index (χ3v) is 5.14. The van der Waals surface area contributed by atoms with Gasteiger partial charge in [-0.1, -0.05) is 12.1 Å². The highest BCUT2D eigenvalue weighted by atomic mass is 32.2. The minimum Gasteiger partial charge on any atom is -0.369 e. The lowest BCUT2D eigenvalue weighted by molar-refractivity contribution is -0.123. The van der Waals surface area contributed by atoms with Crippen LogP contribution in [0.1, 0.15) is 23.2 Å². The Hall–Kier alpha value is -1.49. The molecule has 1 saturated heterocycles. The van der Waals surface area contributed by atoms with E-state index in [9.17, 15) is 9.59 Å². The van der Waals surface area contributed by atoms with Gasteiger partial charge in [-0.2, -0.15) is 0 Å². The molecule has 0 bridgehead atoms. The second-order valence-electron chi connectivity index (χ2n) is 5.10. The minimum absolute atomic E-state index is 0.0385. The van der Waals surface area contributed by atoms with Crippen LogP contribution in [0.3, 0.4) is 0 Å². The van der Waals surface area contributed by atoms with E-state index in [2.05, 4.69) is 0 Å². The summed E-state index contributed by atoms with van der Waals surface area (Å²) in [6.45, 7) is 0.466. The highest BCUT2D eigenvalue weighted by Crippen LogP contribution is 2.34. The van der Waals surface area contributed by atoms with Crippen LogP contribution in [-0.4, -0.2) is 35.1 Å². The summed E-state index contributed by atoms with van der Waals surface area (Å²) in [5.41, 5.74) is 6.14. The van der Waals surface area contributed by atoms with E-state index in [1.165, 1.54) is 0 Å². The van der Waals surface area contributed by atoms with Gasteiger partial charge in [-0.05, 0) is 25.0 Å². The first-order chi connectivity index (χ1) is 9.16. The first-order valence-electron chi connectivity index (χ1n) is 6.49. The monoisotopic (exact) mass is 276 g/mol. The van der Waals surface area contributed by atoms with Gasteiger partial charge in [0.15, 0.2) is 0 Å². The van der Waals surface area contributed by atoms with Gasteiger partial charge in [0.25, 0.3) is 5.91 Å². The lowest BCUT2D eigenvalue weighted by Crippen LogP contribution is -2.50. The number of nitrogens with two attached hydrogens (primary N) is 1. The predicted octanol–water partition coefficient (Wildman–Crippen LogP) is 1.50. The van der Waals surface area contributed by atoms with Gasteiger partial charge in [-0.15, -0.1) is 11.8 Å². The molecule has 0 aromatic heterocycles. The number of rotatable bonds is 1. The van der Waals surface area contributed by atoms with Crippen molar-refractivity contribution >= 4 is 23.6 Å². The molecule has 5 heteroatoms. The molecule has 0 saturated carbocycles. The van der Waals surface area contributed by atoms with Crippen LogP contribution in [0.2, 0.25) is 0 Å². The number of piperidine rings is 1. The van der Waals surface area contributed by atoms with Gasteiger partial charge in [-0.3, -0.25) is 9.59 Å². The molecule has 1 aromatic rings. The van der Waals surface area contributed by atoms with E-state index in [0.29, 0.717) is 6.54 Å². The number of carbonyl (C=O) groups is 2. The Labute approximate surface area is 116 Å². The van der Waals surface area contributed by atoms with Gasteiger partial charge in [0.05, 0.1) is 11.5 Å². The van der Waals surface area contributed by atoms with Gasteiger partial charge in [-0.25, -0.2) is 0 Å². The fourth-order valence-electron chi connectivity index (χ4n) is 2.79. The van der Waals surface area contributed by atoms with Crippen LogP contribution in [-0.2, 0) is 4.79 Å². The molecule has 2 N–H and O–H groups in total. The number of thioether (sulfide) groups is 1. The fourth-order valence-corrected chi connectivity index (χ4v) is 4.00. The fraction of sp³-hybridized carbons (Fsp3) is 0.429. The first-order valence-corrected chi connectivity index (χ1v) is 7.47. The third kappa shape index (κ3) is 2.23. The zero-order valence-corrected chi connectivity index (χ0v) is 11.4. The highest BCUT2D eigenvalue weighted by molar-refractivity contribution is 7.99. The van der Waals surface area contributed by atoms with Crippen molar-refractivity contribution in [3.8, 4) is 0 Å². The first kappa shape index (κ1) is 12.5. The topological polar surface area (TPSA) is 63.4 Å². The molecule has 2 aliphatic rings. The minimum atomic E-state index is -0.295. The van der Waals surface area contributed by atoms with Crippen LogP contribution < -0.4 is 5.73 Å². The van der Waals surface area contributed by atoms with E-state index >= 15 is 0 Å². The van der Waals surface area contributed by atoms with Gasteiger partial charge in [0, 0.05) is 23.2 Å². The number of primary amides is 1. The van der Waals surface area contributed by atoms with E-state index in [0.717, 1.165) is 29.1 Å². The quantitative estimate of drug-likeness (QED) is 0.845. The Balaban J connectivity index is 1.92. The summed E-state index contributed by atoms with van der Waals surface area (Å²) in [5, 5.41) is 0. The Morgan fingerprint density at radius 1 is 1.32 bits per heavy atom. The summed E-state index contributed by atoms with van der Waals surface area (Å²) in [5.74, 6) is 0.442. The molecule has 0 spiro atoms. The van der Waals surface area contributed by atoms with Crippen molar-refractivity contribution in [2.24, 2.45) is 11.7 Å². The molecular weight excluding hydrogens is 260 g/mol. The maximum atomic E-state index is 12.6. The molecule has 0 aliphatic carbocycles. The summed E-state index contributed by atoms with van der Waals surface area (Å²) in [6.07, 6.45) is 1.65. The van der Waals surface area contributed by atoms with Gasteiger partial charge >= 0.3 is 0 Å². The van der Waals surface area contributed by atoms with E-state index in [1.54, 1.807) is 11.8 Å². The van der Waals surface area contributed by atoms with Crippen molar-refractivity contribution in [1.82, 2.24) is 4.90 Å². The van der Waals surface area contributed by atoms with Gasteiger partial charge in [0.2, 0.25) is 5.91 Å². The molecule has 2 atom stereocenters. The molecule has 0 unspecified atom stereocenters. The largest absolute Gasteiger partial charge is 0.369 e. The van der Waals surface area contributed by atoms with Crippen molar-refractivity contribution in [2.45, 2.75) is 23.8 Å². The number of hydrogen-bond donors (Lipinski definition) is 1. The average Bonchev–Trinajstić information content (AvgIpc) is 2.57. The van der Waals surface area contributed by atoms with Crippen molar-refractivity contribution < 1.29 is 9.59 Å². The van der Waals surface area contributed by atoms with Crippen LogP contribution in [0.15, 0.2) is 29.2 Å². The summed E-state index contributed by atoms with van der Waals surface area (Å²) in [4.78, 5) is 26.8. The Kier molecular flexibility index (Phi) is 3.22. The molecule has 0 radical (unpaired) electrons. The average molecular weight is 276 g/mol. The number of benzene rings is 1. The number of hydrogen-bond acceptors (Lipinski definition) is 3. The van der Waals surface area contributed by atoms with Crippen LogP contribution >= 0.6 is 11.8 Å². The van der Waals surface area contributed by atoms with Crippen molar-refractivity contribution in [3.05, 3.63) is 29.8 Å². The summed E-state index contributed by atoms with van der Waals surface area (Å²) in [6, 6.07) is 7.91. The molecule has 3 rings (SSSR count). The normalized spacial score (nSPS) is 26.3. The van der Waals surface area contributed by atoms with Crippen LogP contribution in [0, 0.1) is 5.92 Å². The SMILES string of the molecule is NC(=O)[C@H]1CC[C@H]2CSc3ccccc3C(=O)N2C1. The molecule has 1 aromatic carbocycles. The number of amides is 2. The van der Waals surface area contributed by atoms with Crippen molar-refractivity contribution in [3.63, 3.8) is 0 Å². The molecule has 2 heterocycles. The molecule has 19 heavy (non-hydrogen) atoms. The Bertz CT molecular complexity index is 532. The third-order valence-electron chi connectivity index (χ3n) is 3.92. The van der Waals surface area contributed by atoms with Crippen LogP contribution in [0.5, 0.6) is 0 Å². The molecule has 2 aliphatic heterocycles.